The van der Waals surface area contributed by atoms with Gasteiger partial charge in [-0.2, -0.15) is 5.11 Å². The van der Waals surface area contributed by atoms with E-state index in [1.165, 1.54) is 6.07 Å². The molecule has 5 nitrogen and oxygen atoms in total. The van der Waals surface area contributed by atoms with Crippen molar-refractivity contribution >= 4 is 46.2 Å². The van der Waals surface area contributed by atoms with Crippen molar-refractivity contribution in [1.29, 1.82) is 0 Å². The number of nitrogens with two attached hydrogens (primary N) is 2. The first-order valence-corrected chi connectivity index (χ1v) is 5.70. The van der Waals surface area contributed by atoms with Gasteiger partial charge < -0.3 is 11.5 Å². The first-order chi connectivity index (χ1) is 8.56. The maximum Gasteiger partial charge on any atom is 0.155 e. The fourth-order valence-corrected chi connectivity index (χ4v) is 1.63. The molecule has 2 aromatic rings. The molecule has 0 spiro atoms. The van der Waals surface area contributed by atoms with E-state index in [0.717, 1.165) is 0 Å². The van der Waals surface area contributed by atoms with E-state index in [1.54, 1.807) is 24.3 Å². The highest BCUT2D eigenvalue weighted by Gasteiger charge is 2.06. The second-order valence-electron chi connectivity index (χ2n) is 3.44. The quantitative estimate of drug-likeness (QED) is 0.816. The van der Waals surface area contributed by atoms with Crippen molar-refractivity contribution in [3.05, 3.63) is 40.4 Å². The molecule has 0 fully saturated rings. The molecule has 7 heteroatoms. The zero-order valence-corrected chi connectivity index (χ0v) is 10.7. The predicted octanol–water partition coefficient (Wildman–Crippen LogP) is 3.97. The molecule has 0 bridgehead atoms. The Morgan fingerprint density at radius 2 is 1.67 bits per heavy atom. The molecule has 0 aliphatic rings. The average Bonchev–Trinajstić information content (AvgIpc) is 2.30. The van der Waals surface area contributed by atoms with Gasteiger partial charge in [0.15, 0.2) is 5.82 Å². The van der Waals surface area contributed by atoms with Crippen LogP contribution < -0.4 is 11.5 Å². The largest absolute Gasteiger partial charge is 0.384 e. The van der Waals surface area contributed by atoms with Gasteiger partial charge in [-0.3, -0.25) is 0 Å². The highest BCUT2D eigenvalue weighted by atomic mass is 35.5. The third kappa shape index (κ3) is 2.88. The van der Waals surface area contributed by atoms with E-state index in [2.05, 4.69) is 15.2 Å². The molecule has 0 saturated carbocycles. The van der Waals surface area contributed by atoms with E-state index in [4.69, 9.17) is 34.7 Å². The predicted molar refractivity (Wildman–Crippen MR) is 73.7 cm³/mol. The molecule has 0 aliphatic heterocycles. The van der Waals surface area contributed by atoms with Crippen LogP contribution in [0.25, 0.3) is 0 Å². The third-order valence-corrected chi connectivity index (χ3v) is 2.63. The van der Waals surface area contributed by atoms with Gasteiger partial charge >= 0.3 is 0 Å². The molecular weight excluding hydrogens is 273 g/mol. The summed E-state index contributed by atoms with van der Waals surface area (Å²) in [6.07, 6.45) is 0. The number of rotatable bonds is 2. The third-order valence-electron chi connectivity index (χ3n) is 2.09. The lowest BCUT2D eigenvalue weighted by atomic mass is 10.3. The molecule has 0 saturated heterocycles. The number of azo groups is 1. The fraction of sp³-hybridized carbons (Fsp3) is 0. The summed E-state index contributed by atoms with van der Waals surface area (Å²) in [4.78, 5) is 3.86. The van der Waals surface area contributed by atoms with E-state index in [-0.39, 0.29) is 11.6 Å². The molecule has 92 valence electrons. The molecule has 1 heterocycles. The summed E-state index contributed by atoms with van der Waals surface area (Å²) >= 11 is 11.7. The number of aromatic nitrogens is 1. The van der Waals surface area contributed by atoms with Gasteiger partial charge in [0.1, 0.15) is 11.5 Å². The first kappa shape index (κ1) is 12.6. The number of pyridine rings is 1. The van der Waals surface area contributed by atoms with Crippen LogP contribution in [-0.2, 0) is 0 Å². The lowest BCUT2D eigenvalue weighted by Gasteiger charge is -2.02. The zero-order valence-electron chi connectivity index (χ0n) is 9.14. The first-order valence-electron chi connectivity index (χ1n) is 4.95. The highest BCUT2D eigenvalue weighted by molar-refractivity contribution is 6.33. The number of hydrogen-bond donors (Lipinski definition) is 2. The van der Waals surface area contributed by atoms with Crippen molar-refractivity contribution in [3.63, 3.8) is 0 Å². The zero-order chi connectivity index (χ0) is 13.1. The van der Waals surface area contributed by atoms with Crippen molar-refractivity contribution < 1.29 is 0 Å². The van der Waals surface area contributed by atoms with Gasteiger partial charge in [-0.25, -0.2) is 4.98 Å². The molecule has 1 aromatic carbocycles. The van der Waals surface area contributed by atoms with E-state index >= 15 is 0 Å². The summed E-state index contributed by atoms with van der Waals surface area (Å²) in [5.41, 5.74) is 12.1. The normalized spacial score (nSPS) is 11.0. The number of hydrogen-bond acceptors (Lipinski definition) is 5. The van der Waals surface area contributed by atoms with E-state index < -0.39 is 0 Å². The van der Waals surface area contributed by atoms with Gasteiger partial charge in [-0.05, 0) is 24.3 Å². The van der Waals surface area contributed by atoms with E-state index in [1.807, 2.05) is 0 Å². The molecular formula is C11H9Cl2N5. The molecule has 0 atom stereocenters. The Kier molecular flexibility index (Phi) is 3.64. The Bertz CT molecular complexity index is 572. The summed E-state index contributed by atoms with van der Waals surface area (Å²) in [5, 5.41) is 8.87. The highest BCUT2D eigenvalue weighted by Crippen LogP contribution is 2.32. The average molecular weight is 282 g/mol. The molecule has 18 heavy (non-hydrogen) atoms. The van der Waals surface area contributed by atoms with Gasteiger partial charge in [-0.15, -0.1) is 5.11 Å². The maximum absolute atomic E-state index is 5.95. The topological polar surface area (TPSA) is 89.6 Å². The minimum atomic E-state index is 0.137. The fourth-order valence-electron chi connectivity index (χ4n) is 1.26. The van der Waals surface area contributed by atoms with Crippen molar-refractivity contribution in [1.82, 2.24) is 4.98 Å². The van der Waals surface area contributed by atoms with Crippen LogP contribution in [0, 0.1) is 0 Å². The van der Waals surface area contributed by atoms with E-state index in [0.29, 0.717) is 21.4 Å². The van der Waals surface area contributed by atoms with Gasteiger partial charge in [0.25, 0.3) is 0 Å². The monoisotopic (exact) mass is 281 g/mol. The van der Waals surface area contributed by atoms with Crippen LogP contribution in [0.4, 0.5) is 23.0 Å². The Morgan fingerprint density at radius 1 is 1.00 bits per heavy atom. The molecule has 0 aliphatic carbocycles. The second-order valence-corrected chi connectivity index (χ2v) is 4.28. The van der Waals surface area contributed by atoms with Crippen LogP contribution in [0.3, 0.4) is 0 Å². The van der Waals surface area contributed by atoms with Gasteiger partial charge in [0.05, 0.1) is 10.7 Å². The van der Waals surface area contributed by atoms with Crippen LogP contribution in [0.15, 0.2) is 40.6 Å². The molecule has 2 rings (SSSR count). The Hall–Kier alpha value is -1.85. The number of nitrogen functional groups attached to an aromatic ring is 2. The van der Waals surface area contributed by atoms with Crippen LogP contribution in [-0.4, -0.2) is 4.98 Å². The van der Waals surface area contributed by atoms with Gasteiger partial charge in [0.2, 0.25) is 0 Å². The van der Waals surface area contributed by atoms with Crippen LogP contribution in [0.2, 0.25) is 10.0 Å². The smallest absolute Gasteiger partial charge is 0.155 e. The van der Waals surface area contributed by atoms with Crippen LogP contribution in [0.1, 0.15) is 0 Å². The second kappa shape index (κ2) is 5.20. The molecule has 0 unspecified atom stereocenters. The molecule has 4 N–H and O–H groups in total. The lowest BCUT2D eigenvalue weighted by Crippen LogP contribution is -1.96. The summed E-state index contributed by atoms with van der Waals surface area (Å²) in [6, 6.07) is 8.33. The Balaban J connectivity index is 2.31. The minimum Gasteiger partial charge on any atom is -0.384 e. The number of nitrogens with zero attached hydrogens (tertiary/aromatic N) is 3. The summed E-state index contributed by atoms with van der Waals surface area (Å²) in [5.74, 6) is 0.376. The number of anilines is 2. The SMILES string of the molecule is Nc1cc(Cl)c(N=Nc2ccc(Cl)cc2)c(N)n1. The number of halogens is 2. The van der Waals surface area contributed by atoms with Crippen LogP contribution >= 0.6 is 23.2 Å². The molecule has 0 amide bonds. The lowest BCUT2D eigenvalue weighted by molar-refractivity contribution is 1.21. The van der Waals surface area contributed by atoms with Crippen molar-refractivity contribution in [2.24, 2.45) is 10.2 Å². The molecule has 0 radical (unpaired) electrons. The minimum absolute atomic E-state index is 0.137. The maximum atomic E-state index is 5.95. The van der Waals surface area contributed by atoms with Gasteiger partial charge in [0, 0.05) is 11.1 Å². The Morgan fingerprint density at radius 3 is 2.28 bits per heavy atom. The summed E-state index contributed by atoms with van der Waals surface area (Å²) in [7, 11) is 0. The standard InChI is InChI=1S/C11H9Cl2N5/c12-6-1-3-7(4-2-6)17-18-10-8(13)5-9(14)16-11(10)15/h1-5H,(H4,14,15,16). The van der Waals surface area contributed by atoms with Gasteiger partial charge in [-0.1, -0.05) is 23.2 Å². The number of benzene rings is 1. The van der Waals surface area contributed by atoms with Crippen LogP contribution in [0.5, 0.6) is 0 Å². The van der Waals surface area contributed by atoms with E-state index in [9.17, 15) is 0 Å². The molecule has 1 aromatic heterocycles. The van der Waals surface area contributed by atoms with Crippen molar-refractivity contribution in [2.75, 3.05) is 11.5 Å². The summed E-state index contributed by atoms with van der Waals surface area (Å²) < 4.78 is 0. The van der Waals surface area contributed by atoms with Crippen molar-refractivity contribution in [2.45, 2.75) is 0 Å². The summed E-state index contributed by atoms with van der Waals surface area (Å²) in [6.45, 7) is 0. The Labute approximate surface area is 113 Å². The van der Waals surface area contributed by atoms with Crippen molar-refractivity contribution in [3.8, 4) is 0 Å².